The second-order valence-electron chi connectivity index (χ2n) is 2.46. The van der Waals surface area contributed by atoms with Gasteiger partial charge in [0.1, 0.15) is 5.76 Å². The molecule has 0 aromatic rings. The lowest BCUT2D eigenvalue weighted by atomic mass is 10.4. The SMILES string of the molecule is C=CC(=C)OC(=O)N(N)CCC=NC. The number of rotatable bonds is 5. The highest BCUT2D eigenvalue weighted by molar-refractivity contribution is 5.69. The van der Waals surface area contributed by atoms with E-state index in [0.29, 0.717) is 13.0 Å². The number of hydrogen-bond donors (Lipinski definition) is 1. The van der Waals surface area contributed by atoms with E-state index in [0.717, 1.165) is 5.01 Å². The Bertz CT molecular complexity index is 248. The van der Waals surface area contributed by atoms with Gasteiger partial charge in [0.15, 0.2) is 0 Å². The minimum Gasteiger partial charge on any atom is -0.410 e. The van der Waals surface area contributed by atoms with Crippen LogP contribution < -0.4 is 5.84 Å². The second-order valence-corrected chi connectivity index (χ2v) is 2.46. The molecule has 5 heteroatoms. The summed E-state index contributed by atoms with van der Waals surface area (Å²) >= 11 is 0. The zero-order valence-electron chi connectivity index (χ0n) is 8.27. The van der Waals surface area contributed by atoms with Crippen LogP contribution >= 0.6 is 0 Å². The van der Waals surface area contributed by atoms with Gasteiger partial charge >= 0.3 is 6.09 Å². The monoisotopic (exact) mass is 197 g/mol. The van der Waals surface area contributed by atoms with Crippen LogP contribution in [0.25, 0.3) is 0 Å². The number of carbonyl (C=O) groups is 1. The van der Waals surface area contributed by atoms with Gasteiger partial charge in [-0.05, 0) is 6.08 Å². The minimum absolute atomic E-state index is 0.176. The Kier molecular flexibility index (Phi) is 6.06. The molecule has 0 saturated carbocycles. The normalized spacial score (nSPS) is 9.86. The summed E-state index contributed by atoms with van der Waals surface area (Å²) in [6.45, 7) is 7.16. The summed E-state index contributed by atoms with van der Waals surface area (Å²) in [6, 6.07) is 0. The van der Waals surface area contributed by atoms with E-state index in [1.807, 2.05) is 0 Å². The molecule has 2 N–H and O–H groups in total. The third-order valence-corrected chi connectivity index (χ3v) is 1.36. The molecule has 78 valence electrons. The molecule has 0 atom stereocenters. The molecule has 0 saturated heterocycles. The van der Waals surface area contributed by atoms with Gasteiger partial charge < -0.3 is 9.73 Å². The van der Waals surface area contributed by atoms with Crippen LogP contribution in [0.3, 0.4) is 0 Å². The first-order valence-electron chi connectivity index (χ1n) is 4.07. The molecular weight excluding hydrogens is 182 g/mol. The highest BCUT2D eigenvalue weighted by Gasteiger charge is 2.09. The molecule has 0 aliphatic heterocycles. The number of hydrogen-bond acceptors (Lipinski definition) is 4. The maximum Gasteiger partial charge on any atom is 0.429 e. The molecule has 0 aliphatic carbocycles. The summed E-state index contributed by atoms with van der Waals surface area (Å²) in [7, 11) is 1.65. The van der Waals surface area contributed by atoms with Crippen molar-refractivity contribution in [3.05, 3.63) is 25.0 Å². The largest absolute Gasteiger partial charge is 0.429 e. The van der Waals surface area contributed by atoms with Crippen LogP contribution in [0.2, 0.25) is 0 Å². The van der Waals surface area contributed by atoms with E-state index < -0.39 is 6.09 Å². The summed E-state index contributed by atoms with van der Waals surface area (Å²) in [4.78, 5) is 14.9. The number of nitrogens with zero attached hydrogens (tertiary/aromatic N) is 2. The van der Waals surface area contributed by atoms with Crippen molar-refractivity contribution in [2.75, 3.05) is 13.6 Å². The lowest BCUT2D eigenvalue weighted by molar-refractivity contribution is 0.133. The second kappa shape index (κ2) is 6.85. The third kappa shape index (κ3) is 5.10. The topological polar surface area (TPSA) is 67.9 Å². The Balaban J connectivity index is 3.87. The van der Waals surface area contributed by atoms with Crippen LogP contribution in [-0.2, 0) is 4.74 Å². The highest BCUT2D eigenvalue weighted by Crippen LogP contribution is 1.98. The molecule has 0 radical (unpaired) electrons. The summed E-state index contributed by atoms with van der Waals surface area (Å²) in [5.74, 6) is 5.56. The van der Waals surface area contributed by atoms with Crippen LogP contribution in [0, 0.1) is 0 Å². The van der Waals surface area contributed by atoms with Gasteiger partial charge in [-0.3, -0.25) is 0 Å². The molecule has 0 heterocycles. The summed E-state index contributed by atoms with van der Waals surface area (Å²) in [5, 5.41) is 0.955. The molecule has 0 unspecified atom stereocenters. The van der Waals surface area contributed by atoms with E-state index in [1.54, 1.807) is 13.3 Å². The lowest BCUT2D eigenvalue weighted by Crippen LogP contribution is -2.38. The molecule has 0 fully saturated rings. The van der Waals surface area contributed by atoms with Gasteiger partial charge in [0.2, 0.25) is 0 Å². The van der Waals surface area contributed by atoms with E-state index in [-0.39, 0.29) is 5.76 Å². The molecule has 5 nitrogen and oxygen atoms in total. The van der Waals surface area contributed by atoms with Crippen LogP contribution in [0.1, 0.15) is 6.42 Å². The zero-order chi connectivity index (χ0) is 11.0. The standard InChI is InChI=1S/C9H15N3O2/c1-4-8(2)14-9(13)12(10)7-5-6-11-3/h4,6H,1-2,5,7,10H2,3H3. The van der Waals surface area contributed by atoms with Crippen LogP contribution in [0.15, 0.2) is 30.0 Å². The number of hydrazine groups is 1. The molecule has 0 aromatic heterocycles. The van der Waals surface area contributed by atoms with E-state index in [2.05, 4.69) is 18.2 Å². The van der Waals surface area contributed by atoms with Gasteiger partial charge in [0, 0.05) is 26.2 Å². The quantitative estimate of drug-likeness (QED) is 0.179. The van der Waals surface area contributed by atoms with Crippen molar-refractivity contribution in [1.29, 1.82) is 0 Å². The van der Waals surface area contributed by atoms with Gasteiger partial charge in [-0.15, -0.1) is 0 Å². The van der Waals surface area contributed by atoms with Crippen molar-refractivity contribution in [3.8, 4) is 0 Å². The van der Waals surface area contributed by atoms with Crippen molar-refractivity contribution in [2.45, 2.75) is 6.42 Å². The van der Waals surface area contributed by atoms with Crippen molar-refractivity contribution in [1.82, 2.24) is 5.01 Å². The maximum absolute atomic E-state index is 11.1. The fraction of sp³-hybridized carbons (Fsp3) is 0.333. The van der Waals surface area contributed by atoms with Gasteiger partial charge in [0.25, 0.3) is 0 Å². The van der Waals surface area contributed by atoms with Crippen LogP contribution in [0.4, 0.5) is 4.79 Å². The van der Waals surface area contributed by atoms with Gasteiger partial charge in [-0.2, -0.15) is 0 Å². The Morgan fingerprint density at radius 1 is 1.71 bits per heavy atom. The van der Waals surface area contributed by atoms with Gasteiger partial charge in [-0.25, -0.2) is 15.6 Å². The number of aliphatic imine (C=N–C) groups is 1. The average molecular weight is 197 g/mol. The molecule has 0 aliphatic rings. The van der Waals surface area contributed by atoms with Crippen molar-refractivity contribution < 1.29 is 9.53 Å². The average Bonchev–Trinajstić information content (AvgIpc) is 2.17. The summed E-state index contributed by atoms with van der Waals surface area (Å²) in [5.41, 5.74) is 0. The third-order valence-electron chi connectivity index (χ3n) is 1.36. The lowest BCUT2D eigenvalue weighted by Gasteiger charge is -2.14. The molecule has 0 bridgehead atoms. The smallest absolute Gasteiger partial charge is 0.410 e. The van der Waals surface area contributed by atoms with Crippen molar-refractivity contribution in [2.24, 2.45) is 10.8 Å². The molecule has 0 aromatic carbocycles. The minimum atomic E-state index is -0.653. The van der Waals surface area contributed by atoms with Gasteiger partial charge in [0.05, 0.1) is 0 Å². The van der Waals surface area contributed by atoms with Crippen LogP contribution in [0.5, 0.6) is 0 Å². The number of amides is 1. The van der Waals surface area contributed by atoms with Crippen LogP contribution in [-0.4, -0.2) is 30.9 Å². The summed E-state index contributed by atoms with van der Waals surface area (Å²) < 4.78 is 4.70. The number of carbonyl (C=O) groups excluding carboxylic acids is 1. The van der Waals surface area contributed by atoms with E-state index >= 15 is 0 Å². The van der Waals surface area contributed by atoms with Gasteiger partial charge in [-0.1, -0.05) is 13.2 Å². The Hall–Kier alpha value is -1.62. The maximum atomic E-state index is 11.1. The number of nitrogens with two attached hydrogens (primary N) is 1. The number of ether oxygens (including phenoxy) is 1. The van der Waals surface area contributed by atoms with E-state index in [1.165, 1.54) is 6.08 Å². The van der Waals surface area contributed by atoms with E-state index in [4.69, 9.17) is 10.6 Å². The molecule has 1 amide bonds. The van der Waals surface area contributed by atoms with Crippen molar-refractivity contribution in [3.63, 3.8) is 0 Å². The first-order chi connectivity index (χ1) is 6.61. The fourth-order valence-corrected chi connectivity index (χ4v) is 0.630. The fourth-order valence-electron chi connectivity index (χ4n) is 0.630. The highest BCUT2D eigenvalue weighted by atomic mass is 16.6. The predicted octanol–water partition coefficient (Wildman–Crippen LogP) is 1.09. The molecular formula is C9H15N3O2. The Labute approximate surface area is 83.5 Å². The first kappa shape index (κ1) is 12.4. The first-order valence-corrected chi connectivity index (χ1v) is 4.07. The predicted molar refractivity (Wildman–Crippen MR) is 55.7 cm³/mol. The Morgan fingerprint density at radius 2 is 2.36 bits per heavy atom. The molecule has 14 heavy (non-hydrogen) atoms. The number of allylic oxidation sites excluding steroid dienone is 1. The molecule has 0 rings (SSSR count). The van der Waals surface area contributed by atoms with E-state index in [9.17, 15) is 4.79 Å². The van der Waals surface area contributed by atoms with Crippen molar-refractivity contribution >= 4 is 12.3 Å². The Morgan fingerprint density at radius 3 is 2.86 bits per heavy atom. The molecule has 0 spiro atoms. The summed E-state index contributed by atoms with van der Waals surface area (Å²) in [6.07, 6.45) is 2.93. The zero-order valence-corrected chi connectivity index (χ0v) is 8.27.